The minimum Gasteiger partial charge on any atom is -0.348 e. The van der Waals surface area contributed by atoms with Crippen LogP contribution in [0.1, 0.15) is 48.5 Å². The summed E-state index contributed by atoms with van der Waals surface area (Å²) in [7, 11) is 0. The van der Waals surface area contributed by atoms with Crippen LogP contribution in [0.2, 0.25) is 0 Å². The topological polar surface area (TPSA) is 70.5 Å². The molecule has 0 aromatic carbocycles. The van der Waals surface area contributed by atoms with E-state index < -0.39 is 0 Å². The third kappa shape index (κ3) is 5.80. The van der Waals surface area contributed by atoms with Gasteiger partial charge >= 0.3 is 0 Å². The molecule has 0 rings (SSSR count). The Morgan fingerprint density at radius 1 is 0.750 bits per heavy atom. The van der Waals surface area contributed by atoms with Gasteiger partial charge in [0.2, 0.25) is 0 Å². The van der Waals surface area contributed by atoms with E-state index in [1.54, 1.807) is 0 Å². The fourth-order valence-electron chi connectivity index (χ4n) is 0.958. The van der Waals surface area contributed by atoms with E-state index in [4.69, 9.17) is 20.9 Å². The van der Waals surface area contributed by atoms with E-state index in [9.17, 15) is 0 Å². The number of hydrogen-bond acceptors (Lipinski definition) is 4. The largest absolute Gasteiger partial charge is 0.348 e. The molecular formula is C12H28N2O2. The fraction of sp³-hybridized carbons (Fsp3) is 1.00. The molecule has 0 saturated heterocycles. The molecule has 0 bridgehead atoms. The van der Waals surface area contributed by atoms with Gasteiger partial charge in [0.25, 0.3) is 0 Å². The molecule has 0 heterocycles. The minimum absolute atomic E-state index is 0.0735. The van der Waals surface area contributed by atoms with E-state index in [1.165, 1.54) is 0 Å². The van der Waals surface area contributed by atoms with Gasteiger partial charge in [-0.15, -0.1) is 0 Å². The zero-order chi connectivity index (χ0) is 13.1. The van der Waals surface area contributed by atoms with E-state index >= 15 is 0 Å². The molecule has 0 aliphatic rings. The average molecular weight is 232 g/mol. The van der Waals surface area contributed by atoms with Crippen molar-refractivity contribution in [2.45, 2.75) is 78.0 Å². The van der Waals surface area contributed by atoms with Crippen LogP contribution in [-0.2, 0) is 9.47 Å². The molecule has 4 nitrogen and oxygen atoms in total. The van der Waals surface area contributed by atoms with Gasteiger partial charge in [-0.05, 0) is 48.5 Å². The van der Waals surface area contributed by atoms with Crippen molar-refractivity contribution in [2.24, 2.45) is 11.5 Å². The van der Waals surface area contributed by atoms with Crippen molar-refractivity contribution in [3.8, 4) is 0 Å². The molecule has 16 heavy (non-hydrogen) atoms. The van der Waals surface area contributed by atoms with Crippen LogP contribution in [0.25, 0.3) is 0 Å². The lowest BCUT2D eigenvalue weighted by Gasteiger charge is -2.34. The molecule has 0 spiro atoms. The van der Waals surface area contributed by atoms with Crippen LogP contribution in [0.15, 0.2) is 0 Å². The molecule has 4 N–H and O–H groups in total. The average Bonchev–Trinajstić information content (AvgIpc) is 1.99. The van der Waals surface area contributed by atoms with Crippen LogP contribution in [0.5, 0.6) is 0 Å². The smallest absolute Gasteiger partial charge is 0.155 e. The number of nitrogens with two attached hydrogens (primary N) is 2. The van der Waals surface area contributed by atoms with Gasteiger partial charge in [0.05, 0.1) is 12.2 Å². The van der Waals surface area contributed by atoms with Crippen LogP contribution in [0.3, 0.4) is 0 Å². The first kappa shape index (κ1) is 15.8. The maximum Gasteiger partial charge on any atom is 0.155 e. The molecule has 0 fully saturated rings. The van der Waals surface area contributed by atoms with Crippen LogP contribution >= 0.6 is 0 Å². The summed E-state index contributed by atoms with van der Waals surface area (Å²) in [4.78, 5) is 0. The molecule has 0 aromatic rings. The molecule has 2 atom stereocenters. The van der Waals surface area contributed by atoms with Crippen molar-refractivity contribution in [1.82, 2.24) is 0 Å². The lowest BCUT2D eigenvalue weighted by atomic mass is 10.0. The Morgan fingerprint density at radius 3 is 1.19 bits per heavy atom. The van der Waals surface area contributed by atoms with Gasteiger partial charge < -0.3 is 20.9 Å². The predicted molar refractivity (Wildman–Crippen MR) is 67.1 cm³/mol. The Bertz CT molecular complexity index is 184. The fourth-order valence-corrected chi connectivity index (χ4v) is 0.958. The second-order valence-electron chi connectivity index (χ2n) is 5.77. The van der Waals surface area contributed by atoms with Crippen molar-refractivity contribution >= 4 is 0 Å². The van der Waals surface area contributed by atoms with Gasteiger partial charge in [-0.2, -0.15) is 0 Å². The van der Waals surface area contributed by atoms with Gasteiger partial charge in [-0.1, -0.05) is 0 Å². The zero-order valence-electron chi connectivity index (χ0n) is 11.7. The Morgan fingerprint density at radius 2 is 1.00 bits per heavy atom. The van der Waals surface area contributed by atoms with Gasteiger partial charge in [-0.25, -0.2) is 0 Å². The lowest BCUT2D eigenvalue weighted by molar-refractivity contribution is -0.196. The second kappa shape index (κ2) is 5.45. The second-order valence-corrected chi connectivity index (χ2v) is 5.77. The van der Waals surface area contributed by atoms with Crippen LogP contribution in [0, 0.1) is 0 Å². The minimum atomic E-state index is -0.376. The van der Waals surface area contributed by atoms with E-state index in [1.807, 2.05) is 48.5 Å². The summed E-state index contributed by atoms with van der Waals surface area (Å²) in [6.07, 6.45) is -0.457. The predicted octanol–water partition coefficient (Wildman–Crippen LogP) is 1.62. The lowest BCUT2D eigenvalue weighted by Crippen LogP contribution is -2.49. The molecule has 0 saturated carbocycles. The number of ether oxygens (including phenoxy) is 2. The summed E-state index contributed by atoms with van der Waals surface area (Å²) in [6.45, 7) is 13.5. The zero-order valence-corrected chi connectivity index (χ0v) is 11.7. The van der Waals surface area contributed by atoms with E-state index in [0.717, 1.165) is 0 Å². The molecule has 4 heteroatoms. The van der Waals surface area contributed by atoms with Crippen LogP contribution in [-0.4, -0.2) is 29.6 Å². The summed E-state index contributed by atoms with van der Waals surface area (Å²) in [5.74, 6) is 0. The first-order valence-corrected chi connectivity index (χ1v) is 5.83. The molecule has 98 valence electrons. The quantitative estimate of drug-likeness (QED) is 0.683. The molecule has 0 aliphatic heterocycles. The molecule has 0 amide bonds. The van der Waals surface area contributed by atoms with Gasteiger partial charge in [0.1, 0.15) is 0 Å². The van der Waals surface area contributed by atoms with Crippen molar-refractivity contribution in [2.75, 3.05) is 0 Å². The number of hydrogen-bond donors (Lipinski definition) is 2. The monoisotopic (exact) mass is 232 g/mol. The van der Waals surface area contributed by atoms with Gasteiger partial charge in [0, 0.05) is 11.1 Å². The van der Waals surface area contributed by atoms with Crippen molar-refractivity contribution in [1.29, 1.82) is 0 Å². The normalized spacial score (nSPS) is 19.3. The van der Waals surface area contributed by atoms with Crippen molar-refractivity contribution < 1.29 is 9.47 Å². The van der Waals surface area contributed by atoms with E-state index in [2.05, 4.69) is 0 Å². The highest BCUT2D eigenvalue weighted by Gasteiger charge is 2.27. The first-order chi connectivity index (χ1) is 6.94. The van der Waals surface area contributed by atoms with Gasteiger partial charge in [-0.3, -0.25) is 0 Å². The van der Waals surface area contributed by atoms with Crippen LogP contribution in [0.4, 0.5) is 0 Å². The maximum absolute atomic E-state index is 5.94. The summed E-state index contributed by atoms with van der Waals surface area (Å²) in [6, 6.07) is 0. The Labute approximate surface area is 99.7 Å². The highest BCUT2D eigenvalue weighted by Crippen LogP contribution is 2.16. The van der Waals surface area contributed by atoms with E-state index in [-0.39, 0.29) is 29.6 Å². The highest BCUT2D eigenvalue weighted by atomic mass is 16.7. The molecule has 0 aromatic heterocycles. The Hall–Kier alpha value is -0.160. The Balaban J connectivity index is 4.15. The van der Waals surface area contributed by atoms with Crippen molar-refractivity contribution in [3.63, 3.8) is 0 Å². The van der Waals surface area contributed by atoms with Gasteiger partial charge in [0.15, 0.2) is 6.29 Å². The molecule has 0 radical (unpaired) electrons. The maximum atomic E-state index is 5.94. The first-order valence-electron chi connectivity index (χ1n) is 5.83. The molecule has 0 aliphatic carbocycles. The summed E-state index contributed by atoms with van der Waals surface area (Å²) < 4.78 is 11.4. The SMILES string of the molecule is CC(OC(C)C(C)(C)N)OC(C)C(C)(C)N. The Kier molecular flexibility index (Phi) is 5.39. The number of rotatable bonds is 6. The summed E-state index contributed by atoms with van der Waals surface area (Å²) >= 11 is 0. The molecule has 2 unspecified atom stereocenters. The van der Waals surface area contributed by atoms with E-state index in [0.29, 0.717) is 0 Å². The summed E-state index contributed by atoms with van der Waals surface area (Å²) in [5.41, 5.74) is 11.1. The third-order valence-electron chi connectivity index (χ3n) is 2.89. The standard InChI is InChI=1S/C12H28N2O2/c1-8(11(4,5)13)15-10(3)16-9(2)12(6,7)14/h8-10H,13-14H2,1-7H3. The van der Waals surface area contributed by atoms with Crippen LogP contribution < -0.4 is 11.5 Å². The third-order valence-corrected chi connectivity index (χ3v) is 2.89. The molecular weight excluding hydrogens is 204 g/mol. The van der Waals surface area contributed by atoms with Crippen molar-refractivity contribution in [3.05, 3.63) is 0 Å². The highest BCUT2D eigenvalue weighted by molar-refractivity contribution is 4.81. The summed E-state index contributed by atoms with van der Waals surface area (Å²) in [5, 5.41) is 0.